The van der Waals surface area contributed by atoms with Gasteiger partial charge in [0.1, 0.15) is 36.6 Å². The van der Waals surface area contributed by atoms with E-state index in [-0.39, 0.29) is 26.4 Å². The summed E-state index contributed by atoms with van der Waals surface area (Å²) in [6.45, 7) is 0.726. The maximum absolute atomic E-state index is 15.2. The third-order valence-corrected chi connectivity index (χ3v) is 24.0. The highest BCUT2D eigenvalue weighted by Gasteiger charge is 2.58. The maximum Gasteiger partial charge on any atom is 0.176 e. The second kappa shape index (κ2) is 37.7. The smallest absolute Gasteiger partial charge is 0.176 e. The summed E-state index contributed by atoms with van der Waals surface area (Å²) in [5.74, 6) is 0. The zero-order valence-electron chi connectivity index (χ0n) is 66.6. The van der Waals surface area contributed by atoms with Gasteiger partial charge >= 0.3 is 0 Å². The van der Waals surface area contributed by atoms with Gasteiger partial charge in [-0.1, -0.05) is 455 Å². The van der Waals surface area contributed by atoms with Crippen molar-refractivity contribution in [1.82, 2.24) is 21.3 Å². The second-order valence-electron chi connectivity index (χ2n) is 31.1. The number of ether oxygens (including phenoxy) is 5. The molecule has 1 heterocycles. The summed E-state index contributed by atoms with van der Waals surface area (Å²) in [5.41, 5.74) is 10.5. The van der Waals surface area contributed by atoms with Crippen molar-refractivity contribution in [2.24, 2.45) is 0 Å². The van der Waals surface area contributed by atoms with Crippen LogP contribution in [0.3, 0.4) is 0 Å². The number of benzene rings is 15. The van der Waals surface area contributed by atoms with Gasteiger partial charge in [-0.05, 0) is 89.9 Å². The third-order valence-electron chi connectivity index (χ3n) is 24.0. The van der Waals surface area contributed by atoms with Gasteiger partial charge in [-0.2, -0.15) is 0 Å². The maximum atomic E-state index is 15.2. The summed E-state index contributed by atoms with van der Waals surface area (Å²) in [7, 11) is 0. The minimum atomic E-state index is -1.44. The normalized spacial score (nSPS) is 19.6. The third kappa shape index (κ3) is 16.9. The topological polar surface area (TPSA) is 115 Å². The van der Waals surface area contributed by atoms with E-state index in [0.29, 0.717) is 6.42 Å². The van der Waals surface area contributed by atoms with Gasteiger partial charge in [0.15, 0.2) is 6.29 Å². The molecule has 0 amide bonds. The van der Waals surface area contributed by atoms with Gasteiger partial charge in [-0.15, -0.1) is 0 Å². The van der Waals surface area contributed by atoms with Gasteiger partial charge in [0.25, 0.3) is 0 Å². The van der Waals surface area contributed by atoms with Crippen molar-refractivity contribution in [2.75, 3.05) is 6.54 Å². The average Bonchev–Trinajstić information content (AvgIpc) is 0.732. The van der Waals surface area contributed by atoms with Crippen molar-refractivity contribution in [3.63, 3.8) is 0 Å². The molecule has 592 valence electrons. The summed E-state index contributed by atoms with van der Waals surface area (Å²) >= 11 is 0. The molecule has 15 aromatic rings. The number of nitrogens with one attached hydrogen (secondary N) is 4. The lowest BCUT2D eigenvalue weighted by molar-refractivity contribution is -0.310. The zero-order chi connectivity index (χ0) is 80.4. The Morgan fingerprint density at radius 2 is 0.471 bits per heavy atom. The number of hydrogen-bond donors (Lipinski definition) is 5. The van der Waals surface area contributed by atoms with Crippen molar-refractivity contribution >= 4 is 0 Å². The molecule has 15 aromatic carbocycles. The second-order valence-corrected chi connectivity index (χ2v) is 31.1. The van der Waals surface area contributed by atoms with Crippen LogP contribution in [-0.4, -0.2) is 72.7 Å². The predicted octanol–water partition coefficient (Wildman–Crippen LogP) is 20.0. The van der Waals surface area contributed by atoms with E-state index in [2.05, 4.69) is 446 Å². The fraction of sp³-hybridized carbons (Fsp3) is 0.174. The molecule has 0 unspecified atom stereocenters. The summed E-state index contributed by atoms with van der Waals surface area (Å²) in [5, 5.41) is 33.1. The van der Waals surface area contributed by atoms with E-state index in [1.807, 2.05) is 30.3 Å². The molecule has 0 aromatic heterocycles. The first kappa shape index (κ1) is 79.4. The standard InChI is InChI=1S/C109H100N4O6/c114-100-101(115-78-81-46-16-1-17-47-81)96(111-107(87-58-28-7-29-59-87,88-60-30-8-31-61-88)89-62-32-9-33-63-89)76-97(112-108(90-64-34-10-35-65-90,91-66-36-11-37-67-91)92-68-38-12-39-69-92)102(100)119-105-99(113-109(93-70-40-13-41-71-93,94-72-42-14-43-73-94)95-74-44-15-45-75-95)104(117-80-83-50-20-3-21-51-83)103(116-79-82-48-18-2-19-49-82)98(118-105)77-110-106(84-52-22-4-23-53-84,85-54-24-5-25-55-85)86-56-26-6-27-57-86/h1-75,96-105,110-114H,76-80H2/t96-,97+,98-,99-,100-,101+,102-,103-,104-,105-/m1/s1. The van der Waals surface area contributed by atoms with Crippen molar-refractivity contribution in [3.05, 3.63) is 538 Å². The minimum absolute atomic E-state index is 0.163. The Bertz CT molecular complexity index is 5140. The van der Waals surface area contributed by atoms with Crippen LogP contribution in [0.15, 0.2) is 455 Å². The highest BCUT2D eigenvalue weighted by molar-refractivity contribution is 5.55. The predicted molar refractivity (Wildman–Crippen MR) is 475 cm³/mol. The Morgan fingerprint density at radius 1 is 0.252 bits per heavy atom. The molecule has 1 aliphatic carbocycles. The van der Waals surface area contributed by atoms with Crippen LogP contribution in [-0.2, 0) is 65.7 Å². The largest absolute Gasteiger partial charge is 0.388 e. The van der Waals surface area contributed by atoms with Gasteiger partial charge in [-0.25, -0.2) is 0 Å². The Kier molecular flexibility index (Phi) is 25.1. The fourth-order valence-corrected chi connectivity index (χ4v) is 18.4. The molecule has 17 rings (SSSR count). The lowest BCUT2D eigenvalue weighted by Gasteiger charge is -2.54. The van der Waals surface area contributed by atoms with Crippen LogP contribution in [0.25, 0.3) is 0 Å². The average molecular weight is 1560 g/mol. The molecule has 10 nitrogen and oxygen atoms in total. The van der Waals surface area contributed by atoms with Crippen molar-refractivity contribution in [2.45, 2.75) is 109 Å². The molecular weight excluding hydrogens is 1460 g/mol. The quantitative estimate of drug-likeness (QED) is 0.0261. The van der Waals surface area contributed by atoms with E-state index < -0.39 is 83.2 Å². The van der Waals surface area contributed by atoms with Gasteiger partial charge in [-0.3, -0.25) is 21.3 Å². The van der Waals surface area contributed by atoms with E-state index in [0.717, 1.165) is 83.5 Å². The first-order chi connectivity index (χ1) is 58.9. The molecule has 0 bridgehead atoms. The van der Waals surface area contributed by atoms with E-state index in [1.54, 1.807) is 0 Å². The van der Waals surface area contributed by atoms with Gasteiger partial charge < -0.3 is 28.8 Å². The number of aliphatic hydroxyl groups is 1. The molecule has 10 atom stereocenters. The van der Waals surface area contributed by atoms with Gasteiger partial charge in [0.2, 0.25) is 0 Å². The molecule has 119 heavy (non-hydrogen) atoms. The lowest BCUT2D eigenvalue weighted by atomic mass is 9.72. The van der Waals surface area contributed by atoms with Gasteiger partial charge in [0, 0.05) is 18.6 Å². The van der Waals surface area contributed by atoms with Crippen molar-refractivity contribution in [1.29, 1.82) is 0 Å². The molecule has 1 saturated heterocycles. The number of rotatable bonds is 32. The highest BCUT2D eigenvalue weighted by Crippen LogP contribution is 2.47. The SMILES string of the molecule is O[C@@H]1[C@@H](OCc2ccccc2)[C@H](NC(c2ccccc2)(c2ccccc2)c2ccccc2)C[C@H](NC(c2ccccc2)(c2ccccc2)c2ccccc2)[C@H]1O[C@H]1O[C@H](CNC(c2ccccc2)(c2ccccc2)c2ccccc2)[C@@H](OCc2ccccc2)[C@H](OCc2ccccc2)[C@H]1NC(c1ccccc1)(c1ccccc1)c1ccccc1. The van der Waals surface area contributed by atoms with E-state index in [9.17, 15) is 0 Å². The van der Waals surface area contributed by atoms with Crippen LogP contribution < -0.4 is 21.3 Å². The van der Waals surface area contributed by atoms with Gasteiger partial charge in [0.05, 0.1) is 48.0 Å². The highest BCUT2D eigenvalue weighted by atomic mass is 16.7. The summed E-state index contributed by atoms with van der Waals surface area (Å²) in [6.07, 6.45) is -7.29. The van der Waals surface area contributed by atoms with Crippen LogP contribution in [0, 0.1) is 0 Å². The Labute approximate surface area is 700 Å². The molecule has 2 aliphatic rings. The molecule has 10 heteroatoms. The van der Waals surface area contributed by atoms with E-state index in [4.69, 9.17) is 23.7 Å². The fourth-order valence-electron chi connectivity index (χ4n) is 18.4. The minimum Gasteiger partial charge on any atom is -0.388 e. The molecular formula is C109H100N4O6. The van der Waals surface area contributed by atoms with Crippen molar-refractivity contribution in [3.8, 4) is 0 Å². The molecule has 0 radical (unpaired) electrons. The van der Waals surface area contributed by atoms with Crippen molar-refractivity contribution < 1.29 is 28.8 Å². The monoisotopic (exact) mass is 1560 g/mol. The van der Waals surface area contributed by atoms with Crippen LogP contribution in [0.2, 0.25) is 0 Å². The summed E-state index contributed by atoms with van der Waals surface area (Å²) in [6, 6.07) is 157. The Hall–Kier alpha value is -12.1. The number of hydrogen-bond acceptors (Lipinski definition) is 10. The zero-order valence-corrected chi connectivity index (χ0v) is 66.6. The van der Waals surface area contributed by atoms with Crippen LogP contribution in [0.4, 0.5) is 0 Å². The summed E-state index contributed by atoms with van der Waals surface area (Å²) < 4.78 is 40.5. The Balaban J connectivity index is 0.922. The van der Waals surface area contributed by atoms with E-state index in [1.165, 1.54) is 0 Å². The Morgan fingerprint density at radius 3 is 0.739 bits per heavy atom. The summed E-state index contributed by atoms with van der Waals surface area (Å²) in [4.78, 5) is 0. The molecule has 1 aliphatic heterocycles. The molecule has 5 N–H and O–H groups in total. The van der Waals surface area contributed by atoms with Crippen LogP contribution in [0.5, 0.6) is 0 Å². The first-order valence-corrected chi connectivity index (χ1v) is 41.6. The number of aliphatic hydroxyl groups excluding tert-OH is 1. The molecule has 0 spiro atoms. The molecule has 1 saturated carbocycles. The van der Waals surface area contributed by atoms with Crippen LogP contribution >= 0.6 is 0 Å². The van der Waals surface area contributed by atoms with E-state index >= 15 is 5.11 Å². The molecule has 2 fully saturated rings. The lowest BCUT2D eigenvalue weighted by Crippen LogP contribution is -2.73. The van der Waals surface area contributed by atoms with Crippen LogP contribution in [0.1, 0.15) is 89.9 Å². The first-order valence-electron chi connectivity index (χ1n) is 41.6.